The molecule has 0 aromatic carbocycles. The first-order chi connectivity index (χ1) is 17.4. The van der Waals surface area contributed by atoms with E-state index in [1.54, 1.807) is 12.1 Å². The van der Waals surface area contributed by atoms with E-state index in [4.69, 9.17) is 4.74 Å². The summed E-state index contributed by atoms with van der Waals surface area (Å²) in [6.07, 6.45) is 0.847. The van der Waals surface area contributed by atoms with E-state index in [-0.39, 0.29) is 50.0 Å². The number of carboxylic acid groups (broad SMARTS) is 1. The molecule has 0 bridgehead atoms. The van der Waals surface area contributed by atoms with E-state index in [1.165, 1.54) is 11.1 Å². The van der Waals surface area contributed by atoms with Crippen molar-refractivity contribution in [3.8, 4) is 0 Å². The van der Waals surface area contributed by atoms with Gasteiger partial charge in [-0.1, -0.05) is 11.3 Å². The highest BCUT2D eigenvalue weighted by Gasteiger charge is 2.42. The summed E-state index contributed by atoms with van der Waals surface area (Å²) in [6.45, 7) is 1.64. The highest BCUT2D eigenvalue weighted by atomic mass is 16.5. The topological polar surface area (TPSA) is 204 Å². The predicted molar refractivity (Wildman–Crippen MR) is 121 cm³/mol. The second kappa shape index (κ2) is 11.6. The minimum Gasteiger partial charge on any atom is -0.481 e. The van der Waals surface area contributed by atoms with Crippen LogP contribution < -0.4 is 20.9 Å². The Morgan fingerprint density at radius 3 is 2.89 bits per heavy atom. The molecule has 1 saturated heterocycles. The van der Waals surface area contributed by atoms with Crippen LogP contribution in [0.3, 0.4) is 0 Å². The van der Waals surface area contributed by atoms with Gasteiger partial charge in [0.1, 0.15) is 17.9 Å². The Bertz CT molecular complexity index is 1090. The fourth-order valence-electron chi connectivity index (χ4n) is 4.17. The van der Waals surface area contributed by atoms with Gasteiger partial charge in [-0.2, -0.15) is 5.21 Å². The number of carbonyl (C=O) groups excluding carboxylic acids is 3. The molecule has 36 heavy (non-hydrogen) atoms. The van der Waals surface area contributed by atoms with Gasteiger partial charge >= 0.3 is 5.97 Å². The van der Waals surface area contributed by atoms with Crippen molar-refractivity contribution in [2.24, 2.45) is 0 Å². The van der Waals surface area contributed by atoms with Crippen LogP contribution in [0.25, 0.3) is 0 Å². The Hall–Kier alpha value is -3.98. The Balaban J connectivity index is 1.51. The van der Waals surface area contributed by atoms with Crippen LogP contribution in [0.5, 0.6) is 0 Å². The van der Waals surface area contributed by atoms with Gasteiger partial charge in [0.15, 0.2) is 5.82 Å². The van der Waals surface area contributed by atoms with E-state index >= 15 is 0 Å². The Kier molecular flexibility index (Phi) is 8.12. The van der Waals surface area contributed by atoms with Crippen molar-refractivity contribution < 1.29 is 29.0 Å². The van der Waals surface area contributed by atoms with Gasteiger partial charge in [0, 0.05) is 32.1 Å². The summed E-state index contributed by atoms with van der Waals surface area (Å²) in [7, 11) is 0. The largest absolute Gasteiger partial charge is 0.481 e. The van der Waals surface area contributed by atoms with E-state index in [1.807, 2.05) is 0 Å². The van der Waals surface area contributed by atoms with Crippen LogP contribution >= 0.6 is 0 Å². The summed E-state index contributed by atoms with van der Waals surface area (Å²) in [5.74, 6) is -2.11. The molecule has 0 spiro atoms. The molecule has 2 aromatic rings. The number of H-pyrrole nitrogens is 1. The SMILES string of the molecule is O=C(O)CCC(NC(=O)C[C@H]1CNCCO1)C(=O)N1c2ncccc2C[C@H]1C(=O)NCc1nn[nH]n1. The molecule has 3 amide bonds. The van der Waals surface area contributed by atoms with E-state index in [0.717, 1.165) is 0 Å². The Morgan fingerprint density at radius 1 is 1.31 bits per heavy atom. The average molecular weight is 502 g/mol. The number of aromatic amines is 1. The number of pyridine rings is 1. The van der Waals surface area contributed by atoms with Crippen molar-refractivity contribution in [1.29, 1.82) is 0 Å². The third-order valence-electron chi connectivity index (χ3n) is 5.87. The number of ether oxygens (including phenoxy) is 1. The minimum absolute atomic E-state index is 0.00725. The summed E-state index contributed by atoms with van der Waals surface area (Å²) >= 11 is 0. The first kappa shape index (κ1) is 25.1. The second-order valence-electron chi connectivity index (χ2n) is 8.41. The molecule has 4 rings (SSSR count). The van der Waals surface area contributed by atoms with Crippen LogP contribution in [0.4, 0.5) is 5.82 Å². The number of hydrogen-bond donors (Lipinski definition) is 5. The quantitative estimate of drug-likeness (QED) is 0.238. The van der Waals surface area contributed by atoms with Crippen molar-refractivity contribution >= 4 is 29.5 Å². The molecule has 15 heteroatoms. The van der Waals surface area contributed by atoms with Gasteiger partial charge in [0.25, 0.3) is 5.91 Å². The number of morpholine rings is 1. The van der Waals surface area contributed by atoms with E-state index < -0.39 is 35.8 Å². The molecule has 1 fully saturated rings. The number of fused-ring (bicyclic) bond motifs is 1. The second-order valence-corrected chi connectivity index (χ2v) is 8.41. The standard InChI is InChI=1S/C21H27N9O6/c31-17(9-13-10-22-6-7-36-13)25-14(3-4-18(32)33)21(35)30-15(8-12-2-1-5-23-19(12)30)20(34)24-11-16-26-28-29-27-16/h1-2,5,13-15,22H,3-4,6-11H2,(H,24,34)(H,25,31)(H,32,33)(H,26,27,28,29)/t13-,14?,15-/m0/s1. The number of hydrogen-bond acceptors (Lipinski definition) is 10. The molecule has 5 N–H and O–H groups in total. The van der Waals surface area contributed by atoms with Crippen LogP contribution in [0.1, 0.15) is 30.7 Å². The third kappa shape index (κ3) is 6.17. The van der Waals surface area contributed by atoms with E-state index in [0.29, 0.717) is 25.3 Å². The number of carbonyl (C=O) groups is 4. The van der Waals surface area contributed by atoms with Crippen molar-refractivity contribution in [1.82, 2.24) is 41.6 Å². The normalized spacial score (nSPS) is 19.8. The monoisotopic (exact) mass is 501 g/mol. The number of aromatic nitrogens is 5. The predicted octanol–water partition coefficient (Wildman–Crippen LogP) is -2.10. The van der Waals surface area contributed by atoms with Crippen LogP contribution in [0.2, 0.25) is 0 Å². The molecule has 0 radical (unpaired) electrons. The number of nitrogens with one attached hydrogen (secondary N) is 4. The highest BCUT2D eigenvalue weighted by molar-refractivity contribution is 6.06. The maximum absolute atomic E-state index is 13.7. The molecule has 192 valence electrons. The molecule has 1 unspecified atom stereocenters. The summed E-state index contributed by atoms with van der Waals surface area (Å²) in [5, 5.41) is 31.0. The lowest BCUT2D eigenvalue weighted by atomic mass is 10.1. The number of aliphatic carboxylic acids is 1. The molecule has 4 heterocycles. The first-order valence-corrected chi connectivity index (χ1v) is 11.5. The van der Waals surface area contributed by atoms with Crippen LogP contribution in [0.15, 0.2) is 18.3 Å². The minimum atomic E-state index is -1.18. The van der Waals surface area contributed by atoms with Gasteiger partial charge in [-0.3, -0.25) is 24.1 Å². The summed E-state index contributed by atoms with van der Waals surface area (Å²) in [6, 6.07) is 1.33. The number of anilines is 1. The van der Waals surface area contributed by atoms with Gasteiger partial charge in [-0.05, 0) is 18.1 Å². The van der Waals surface area contributed by atoms with Crippen LogP contribution in [-0.4, -0.2) is 92.3 Å². The molecular weight excluding hydrogens is 474 g/mol. The first-order valence-electron chi connectivity index (χ1n) is 11.5. The summed E-state index contributed by atoms with van der Waals surface area (Å²) in [4.78, 5) is 56.3. The molecule has 2 aliphatic rings. The number of nitrogens with zero attached hydrogens (tertiary/aromatic N) is 5. The van der Waals surface area contributed by atoms with Crippen LogP contribution in [0, 0.1) is 0 Å². The van der Waals surface area contributed by atoms with Crippen molar-refractivity contribution in [2.75, 3.05) is 24.6 Å². The number of rotatable bonds is 10. The zero-order valence-electron chi connectivity index (χ0n) is 19.3. The lowest BCUT2D eigenvalue weighted by Gasteiger charge is -2.29. The zero-order chi connectivity index (χ0) is 25.5. The van der Waals surface area contributed by atoms with Crippen molar-refractivity contribution in [3.05, 3.63) is 29.7 Å². The fraction of sp³-hybridized carbons (Fsp3) is 0.524. The molecule has 2 aliphatic heterocycles. The molecule has 0 aliphatic carbocycles. The lowest BCUT2D eigenvalue weighted by molar-refractivity contribution is -0.138. The third-order valence-corrected chi connectivity index (χ3v) is 5.87. The average Bonchev–Trinajstić information content (AvgIpc) is 3.53. The maximum atomic E-state index is 13.7. The van der Waals surface area contributed by atoms with E-state index in [2.05, 4.69) is 41.6 Å². The molecule has 0 saturated carbocycles. The van der Waals surface area contributed by atoms with Crippen LogP contribution in [-0.2, 0) is 36.9 Å². The maximum Gasteiger partial charge on any atom is 0.303 e. The van der Waals surface area contributed by atoms with Crippen molar-refractivity contribution in [3.63, 3.8) is 0 Å². The Labute approximate surface area is 205 Å². The molecule has 2 aromatic heterocycles. The zero-order valence-corrected chi connectivity index (χ0v) is 19.3. The van der Waals surface area contributed by atoms with Gasteiger partial charge in [-0.25, -0.2) is 4.98 Å². The van der Waals surface area contributed by atoms with E-state index in [9.17, 15) is 24.3 Å². The molecular formula is C21H27N9O6. The summed E-state index contributed by atoms with van der Waals surface area (Å²) < 4.78 is 5.55. The molecule has 15 nitrogen and oxygen atoms in total. The highest BCUT2D eigenvalue weighted by Crippen LogP contribution is 2.31. The van der Waals surface area contributed by atoms with Gasteiger partial charge < -0.3 is 25.8 Å². The smallest absolute Gasteiger partial charge is 0.303 e. The lowest BCUT2D eigenvalue weighted by Crippen LogP contribution is -2.55. The number of carboxylic acids is 1. The Morgan fingerprint density at radius 2 is 2.17 bits per heavy atom. The van der Waals surface area contributed by atoms with Crippen molar-refractivity contribution in [2.45, 2.75) is 50.4 Å². The molecule has 3 atom stereocenters. The fourth-order valence-corrected chi connectivity index (χ4v) is 4.17. The van der Waals surface area contributed by atoms with Gasteiger partial charge in [0.05, 0.1) is 25.7 Å². The summed E-state index contributed by atoms with van der Waals surface area (Å²) in [5.41, 5.74) is 0.676. The number of amides is 3. The van der Waals surface area contributed by atoms with Gasteiger partial charge in [-0.15, -0.1) is 10.2 Å². The number of tetrazole rings is 1. The van der Waals surface area contributed by atoms with Gasteiger partial charge in [0.2, 0.25) is 11.8 Å².